The number of rotatable bonds is 5. The topological polar surface area (TPSA) is 77.3 Å². The lowest BCUT2D eigenvalue weighted by atomic mass is 10.3. The largest absolute Gasteiger partial charge is 0.487 e. The quantitative estimate of drug-likeness (QED) is 0.659. The molecule has 1 aromatic carbocycles. The first-order valence-corrected chi connectivity index (χ1v) is 5.70. The van der Waals surface area contributed by atoms with Crippen molar-refractivity contribution in [2.45, 2.75) is 6.61 Å². The van der Waals surface area contributed by atoms with Crippen molar-refractivity contribution in [3.63, 3.8) is 0 Å². The molecule has 1 heterocycles. The van der Waals surface area contributed by atoms with Crippen LogP contribution < -0.4 is 10.1 Å². The van der Waals surface area contributed by atoms with E-state index in [0.717, 1.165) is 11.5 Å². The highest BCUT2D eigenvalue weighted by Gasteiger charge is 2.06. The van der Waals surface area contributed by atoms with Crippen molar-refractivity contribution >= 4 is 11.5 Å². The normalized spacial score (nSPS) is 9.95. The zero-order chi connectivity index (χ0) is 13.7. The second kappa shape index (κ2) is 5.81. The first kappa shape index (κ1) is 12.8. The fourth-order valence-electron chi connectivity index (χ4n) is 1.54. The number of non-ortho nitro benzene ring substituents is 1. The molecule has 98 valence electrons. The van der Waals surface area contributed by atoms with Gasteiger partial charge < -0.3 is 10.1 Å². The molecule has 0 aliphatic rings. The standard InChI is InChI=1S/C13H13N3O3/c1-14-13-7-2-4-10(15-13)9-19-12-6-3-5-11(8-12)16(17)18/h2-8H,9H2,1H3,(H,14,15). The molecule has 2 aromatic rings. The summed E-state index contributed by atoms with van der Waals surface area (Å²) in [7, 11) is 1.79. The van der Waals surface area contributed by atoms with Crippen molar-refractivity contribution in [3.8, 4) is 5.75 Å². The van der Waals surface area contributed by atoms with Crippen LogP contribution in [0, 0.1) is 10.1 Å². The molecule has 0 saturated heterocycles. The molecule has 0 bridgehead atoms. The molecule has 0 unspecified atom stereocenters. The van der Waals surface area contributed by atoms with Gasteiger partial charge in [-0.1, -0.05) is 12.1 Å². The fourth-order valence-corrected chi connectivity index (χ4v) is 1.54. The fraction of sp³-hybridized carbons (Fsp3) is 0.154. The zero-order valence-electron chi connectivity index (χ0n) is 10.4. The van der Waals surface area contributed by atoms with Gasteiger partial charge in [0.1, 0.15) is 18.2 Å². The van der Waals surface area contributed by atoms with E-state index >= 15 is 0 Å². The minimum atomic E-state index is -0.452. The lowest BCUT2D eigenvalue weighted by Crippen LogP contribution is -2.01. The SMILES string of the molecule is CNc1cccc(COc2cccc([N+](=O)[O-])c2)n1. The van der Waals surface area contributed by atoms with E-state index in [1.165, 1.54) is 12.1 Å². The average molecular weight is 259 g/mol. The van der Waals surface area contributed by atoms with Gasteiger partial charge in [0.05, 0.1) is 16.7 Å². The molecule has 0 amide bonds. The van der Waals surface area contributed by atoms with E-state index in [4.69, 9.17) is 4.74 Å². The van der Waals surface area contributed by atoms with E-state index in [9.17, 15) is 10.1 Å². The number of aromatic nitrogens is 1. The zero-order valence-corrected chi connectivity index (χ0v) is 10.4. The van der Waals surface area contributed by atoms with E-state index in [1.807, 2.05) is 18.2 Å². The molecular weight excluding hydrogens is 246 g/mol. The average Bonchev–Trinajstić information content (AvgIpc) is 2.45. The molecule has 1 aromatic heterocycles. The van der Waals surface area contributed by atoms with Crippen molar-refractivity contribution in [3.05, 3.63) is 58.3 Å². The molecule has 6 nitrogen and oxygen atoms in total. The van der Waals surface area contributed by atoms with Gasteiger partial charge in [-0.15, -0.1) is 0 Å². The van der Waals surface area contributed by atoms with E-state index < -0.39 is 4.92 Å². The molecule has 1 N–H and O–H groups in total. The Kier molecular flexibility index (Phi) is 3.92. The molecular formula is C13H13N3O3. The molecule has 0 atom stereocenters. The summed E-state index contributed by atoms with van der Waals surface area (Å²) in [6.45, 7) is 0.261. The Labute approximate surface area is 110 Å². The van der Waals surface area contributed by atoms with Crippen LogP contribution in [-0.2, 0) is 6.61 Å². The smallest absolute Gasteiger partial charge is 0.273 e. The lowest BCUT2D eigenvalue weighted by molar-refractivity contribution is -0.384. The second-order valence-electron chi connectivity index (χ2n) is 3.81. The number of nitro groups is 1. The molecule has 0 radical (unpaired) electrons. The van der Waals surface area contributed by atoms with Crippen LogP contribution in [0.15, 0.2) is 42.5 Å². The summed E-state index contributed by atoms with van der Waals surface area (Å²) < 4.78 is 5.49. The number of pyridine rings is 1. The number of hydrogen-bond acceptors (Lipinski definition) is 5. The van der Waals surface area contributed by atoms with Crippen molar-refractivity contribution in [2.75, 3.05) is 12.4 Å². The van der Waals surface area contributed by atoms with Gasteiger partial charge in [-0.05, 0) is 18.2 Å². The number of nitrogens with one attached hydrogen (secondary N) is 1. The minimum absolute atomic E-state index is 0.00874. The van der Waals surface area contributed by atoms with Gasteiger partial charge in [0.25, 0.3) is 5.69 Å². The molecule has 0 fully saturated rings. The Bertz CT molecular complexity index is 587. The van der Waals surface area contributed by atoms with Crippen LogP contribution in [0.5, 0.6) is 5.75 Å². The third kappa shape index (κ3) is 3.41. The van der Waals surface area contributed by atoms with Gasteiger partial charge in [0, 0.05) is 13.1 Å². The Morgan fingerprint density at radius 2 is 2.11 bits per heavy atom. The summed E-state index contributed by atoms with van der Waals surface area (Å²) in [5, 5.41) is 13.6. The summed E-state index contributed by atoms with van der Waals surface area (Å²) in [4.78, 5) is 14.5. The van der Waals surface area contributed by atoms with E-state index in [2.05, 4.69) is 10.3 Å². The van der Waals surface area contributed by atoms with E-state index in [0.29, 0.717) is 5.75 Å². The van der Waals surface area contributed by atoms with Crippen LogP contribution >= 0.6 is 0 Å². The van der Waals surface area contributed by atoms with Crippen molar-refractivity contribution in [2.24, 2.45) is 0 Å². The Morgan fingerprint density at radius 3 is 2.84 bits per heavy atom. The lowest BCUT2D eigenvalue weighted by Gasteiger charge is -2.06. The van der Waals surface area contributed by atoms with Crippen LogP contribution in [0.4, 0.5) is 11.5 Å². The first-order chi connectivity index (χ1) is 9.19. The minimum Gasteiger partial charge on any atom is -0.487 e. The predicted molar refractivity (Wildman–Crippen MR) is 71.2 cm³/mol. The third-order valence-corrected chi connectivity index (χ3v) is 2.48. The van der Waals surface area contributed by atoms with Gasteiger partial charge in [-0.2, -0.15) is 0 Å². The molecule has 19 heavy (non-hydrogen) atoms. The maximum Gasteiger partial charge on any atom is 0.273 e. The molecule has 0 aliphatic carbocycles. The van der Waals surface area contributed by atoms with Gasteiger partial charge in [0.15, 0.2) is 0 Å². The number of ether oxygens (including phenoxy) is 1. The number of nitrogens with zero attached hydrogens (tertiary/aromatic N) is 2. The Balaban J connectivity index is 2.05. The number of anilines is 1. The summed E-state index contributed by atoms with van der Waals surface area (Å²) >= 11 is 0. The second-order valence-corrected chi connectivity index (χ2v) is 3.81. The molecule has 0 aliphatic heterocycles. The van der Waals surface area contributed by atoms with Crippen molar-refractivity contribution < 1.29 is 9.66 Å². The van der Waals surface area contributed by atoms with Gasteiger partial charge in [-0.25, -0.2) is 4.98 Å². The Morgan fingerprint density at radius 1 is 1.32 bits per heavy atom. The summed E-state index contributed by atoms with van der Waals surface area (Å²) in [6.07, 6.45) is 0. The molecule has 0 saturated carbocycles. The molecule has 0 spiro atoms. The predicted octanol–water partition coefficient (Wildman–Crippen LogP) is 2.61. The van der Waals surface area contributed by atoms with Crippen molar-refractivity contribution in [1.82, 2.24) is 4.98 Å². The maximum atomic E-state index is 10.6. The van der Waals surface area contributed by atoms with Crippen molar-refractivity contribution in [1.29, 1.82) is 0 Å². The van der Waals surface area contributed by atoms with Crippen LogP contribution in [0.1, 0.15) is 5.69 Å². The van der Waals surface area contributed by atoms with E-state index in [1.54, 1.807) is 19.2 Å². The summed E-state index contributed by atoms with van der Waals surface area (Å²) in [5.41, 5.74) is 0.757. The highest BCUT2D eigenvalue weighted by Crippen LogP contribution is 2.20. The summed E-state index contributed by atoms with van der Waals surface area (Å²) in [6, 6.07) is 11.6. The maximum absolute atomic E-state index is 10.6. The summed E-state index contributed by atoms with van der Waals surface area (Å²) in [5.74, 6) is 1.20. The van der Waals surface area contributed by atoms with E-state index in [-0.39, 0.29) is 12.3 Å². The highest BCUT2D eigenvalue weighted by atomic mass is 16.6. The van der Waals surface area contributed by atoms with Gasteiger partial charge in [0.2, 0.25) is 0 Å². The number of benzene rings is 1. The number of hydrogen-bond donors (Lipinski definition) is 1. The monoisotopic (exact) mass is 259 g/mol. The first-order valence-electron chi connectivity index (χ1n) is 5.70. The van der Waals surface area contributed by atoms with Crippen LogP contribution in [0.2, 0.25) is 0 Å². The Hall–Kier alpha value is -2.63. The van der Waals surface area contributed by atoms with Gasteiger partial charge >= 0.3 is 0 Å². The van der Waals surface area contributed by atoms with Crippen LogP contribution in [-0.4, -0.2) is 17.0 Å². The molecule has 2 rings (SSSR count). The molecule has 6 heteroatoms. The third-order valence-electron chi connectivity index (χ3n) is 2.48. The van der Waals surface area contributed by atoms with Crippen LogP contribution in [0.25, 0.3) is 0 Å². The van der Waals surface area contributed by atoms with Gasteiger partial charge in [-0.3, -0.25) is 10.1 Å². The number of nitro benzene ring substituents is 1. The van der Waals surface area contributed by atoms with Crippen LogP contribution in [0.3, 0.4) is 0 Å². The highest BCUT2D eigenvalue weighted by molar-refractivity contribution is 5.38.